The molecule has 10 heavy (non-hydrogen) atoms. The third-order valence-electron chi connectivity index (χ3n) is 0.644. The third kappa shape index (κ3) is 1.95. The lowest BCUT2D eigenvalue weighted by molar-refractivity contribution is 0.834. The first-order chi connectivity index (χ1) is 4.50. The summed E-state index contributed by atoms with van der Waals surface area (Å²) in [6.45, 7) is 0. The quantitative estimate of drug-likeness (QED) is 0.671. The van der Waals surface area contributed by atoms with Crippen LogP contribution in [0.5, 0.6) is 0 Å². The van der Waals surface area contributed by atoms with E-state index < -0.39 is 3.79 Å². The molecular formula is C2BrCl3N4. The van der Waals surface area contributed by atoms with Gasteiger partial charge in [-0.05, 0) is 5.21 Å². The molecule has 0 saturated carbocycles. The van der Waals surface area contributed by atoms with Gasteiger partial charge in [0.1, 0.15) is 16.1 Å². The van der Waals surface area contributed by atoms with Crippen LogP contribution in [-0.2, 0) is 3.79 Å². The number of alkyl halides is 3. The first-order valence-corrected chi connectivity index (χ1v) is 3.88. The van der Waals surface area contributed by atoms with Gasteiger partial charge in [-0.15, -0.1) is 10.2 Å². The van der Waals surface area contributed by atoms with Crippen LogP contribution in [0.3, 0.4) is 0 Å². The summed E-state index contributed by atoms with van der Waals surface area (Å²) in [6, 6.07) is 0. The van der Waals surface area contributed by atoms with Crippen LogP contribution < -0.4 is 0 Å². The number of halogens is 4. The second-order valence-electron chi connectivity index (χ2n) is 1.35. The highest BCUT2D eigenvalue weighted by atomic mass is 79.9. The topological polar surface area (TPSA) is 43.6 Å². The van der Waals surface area contributed by atoms with Crippen molar-refractivity contribution in [3.63, 3.8) is 0 Å². The van der Waals surface area contributed by atoms with E-state index in [1.165, 1.54) is 0 Å². The Labute approximate surface area is 79.8 Å². The smallest absolute Gasteiger partial charge is 0.120 e. The van der Waals surface area contributed by atoms with Gasteiger partial charge in [0.15, 0.2) is 0 Å². The Morgan fingerprint density at radius 3 is 2.20 bits per heavy atom. The Bertz CT molecular complexity index is 229. The maximum absolute atomic E-state index is 5.40. The average Bonchev–Trinajstić information content (AvgIpc) is 2.11. The molecule has 4 nitrogen and oxygen atoms in total. The summed E-state index contributed by atoms with van der Waals surface area (Å²) in [5.74, 6) is 0.0365. The van der Waals surface area contributed by atoms with Crippen molar-refractivity contribution in [1.29, 1.82) is 0 Å². The van der Waals surface area contributed by atoms with Crippen molar-refractivity contribution in [3.8, 4) is 0 Å². The van der Waals surface area contributed by atoms with Crippen LogP contribution in [0, 0.1) is 0 Å². The molecule has 0 amide bonds. The van der Waals surface area contributed by atoms with Crippen LogP contribution in [0.2, 0.25) is 0 Å². The number of rotatable bonds is 0. The molecule has 1 heterocycles. The molecule has 0 fully saturated rings. The molecule has 0 unspecified atom stereocenters. The van der Waals surface area contributed by atoms with Gasteiger partial charge in [0.25, 0.3) is 3.79 Å². The summed E-state index contributed by atoms with van der Waals surface area (Å²) in [6.07, 6.45) is 0. The summed E-state index contributed by atoms with van der Waals surface area (Å²) in [7, 11) is 0. The van der Waals surface area contributed by atoms with E-state index in [-0.39, 0.29) is 5.82 Å². The lowest BCUT2D eigenvalue weighted by atomic mass is 10.7. The normalized spacial score (nSPS) is 12.0. The molecule has 8 heteroatoms. The molecule has 1 rings (SSSR count). The fourth-order valence-corrected chi connectivity index (χ4v) is 0.759. The molecule has 0 aromatic carbocycles. The molecule has 0 aliphatic heterocycles. The first-order valence-electron chi connectivity index (χ1n) is 2.03. The standard InChI is InChI=1S/C2BrCl3N4/c3-10-8-1(7-9-10)2(4,5)6. The molecule has 0 spiro atoms. The van der Waals surface area contributed by atoms with Gasteiger partial charge >= 0.3 is 0 Å². The van der Waals surface area contributed by atoms with Crippen LogP contribution in [0.15, 0.2) is 0 Å². The van der Waals surface area contributed by atoms with Gasteiger partial charge in [-0.1, -0.05) is 38.6 Å². The van der Waals surface area contributed by atoms with Gasteiger partial charge < -0.3 is 0 Å². The minimum atomic E-state index is -1.61. The van der Waals surface area contributed by atoms with Crippen molar-refractivity contribution in [3.05, 3.63) is 5.82 Å². The largest absolute Gasteiger partial charge is 0.254 e. The zero-order valence-corrected chi connectivity index (χ0v) is 8.15. The molecule has 1 aromatic rings. The van der Waals surface area contributed by atoms with Gasteiger partial charge in [-0.3, -0.25) is 0 Å². The summed E-state index contributed by atoms with van der Waals surface area (Å²) < 4.78 is -0.573. The van der Waals surface area contributed by atoms with Crippen LogP contribution in [0.1, 0.15) is 5.82 Å². The maximum Gasteiger partial charge on any atom is 0.254 e. The predicted molar refractivity (Wildman–Crippen MR) is 41.4 cm³/mol. The van der Waals surface area contributed by atoms with Crippen molar-refractivity contribution < 1.29 is 0 Å². The number of hydrogen-bond acceptors (Lipinski definition) is 3. The van der Waals surface area contributed by atoms with Crippen LogP contribution in [0.25, 0.3) is 0 Å². The maximum atomic E-state index is 5.40. The van der Waals surface area contributed by atoms with Crippen LogP contribution >= 0.6 is 51.0 Å². The summed E-state index contributed by atoms with van der Waals surface area (Å²) in [4.78, 5) is 0. The zero-order valence-electron chi connectivity index (χ0n) is 4.30. The fourth-order valence-electron chi connectivity index (χ4n) is 0.311. The Kier molecular flexibility index (Phi) is 2.39. The van der Waals surface area contributed by atoms with Crippen LogP contribution in [-0.4, -0.2) is 19.2 Å². The Morgan fingerprint density at radius 2 is 2.00 bits per heavy atom. The van der Waals surface area contributed by atoms with E-state index in [0.717, 1.165) is 3.82 Å². The number of nitrogens with zero attached hydrogens (tertiary/aromatic N) is 4. The second-order valence-corrected chi connectivity index (χ2v) is 4.27. The number of tetrazole rings is 1. The Balaban J connectivity index is 2.96. The van der Waals surface area contributed by atoms with E-state index in [2.05, 4.69) is 31.6 Å². The molecule has 56 valence electrons. The SMILES string of the molecule is ClC(Cl)(Cl)c1nnn(Br)n1. The van der Waals surface area contributed by atoms with Crippen molar-refractivity contribution in [2.45, 2.75) is 3.79 Å². The molecule has 0 atom stereocenters. The summed E-state index contributed by atoms with van der Waals surface area (Å²) in [5.41, 5.74) is 0. The van der Waals surface area contributed by atoms with Gasteiger partial charge in [-0.25, -0.2) is 0 Å². The predicted octanol–water partition coefficient (Wildman–Crippen LogP) is 1.66. The molecular weight excluding hydrogens is 266 g/mol. The molecule has 0 radical (unpaired) electrons. The van der Waals surface area contributed by atoms with Crippen LogP contribution in [0.4, 0.5) is 0 Å². The average molecular weight is 266 g/mol. The lowest BCUT2D eigenvalue weighted by Gasteiger charge is -2.01. The van der Waals surface area contributed by atoms with Crippen molar-refractivity contribution in [2.24, 2.45) is 0 Å². The highest BCUT2D eigenvalue weighted by Crippen LogP contribution is 2.35. The molecule has 0 saturated heterocycles. The summed E-state index contributed by atoms with van der Waals surface area (Å²) >= 11 is 19.1. The monoisotopic (exact) mass is 264 g/mol. The summed E-state index contributed by atoms with van der Waals surface area (Å²) in [5, 5.41) is 10.4. The lowest BCUT2D eigenvalue weighted by Crippen LogP contribution is -2.02. The fraction of sp³-hybridized carbons (Fsp3) is 0.500. The first kappa shape index (κ1) is 8.52. The zero-order chi connectivity index (χ0) is 7.78. The highest BCUT2D eigenvalue weighted by Gasteiger charge is 2.28. The van der Waals surface area contributed by atoms with Gasteiger partial charge in [0.2, 0.25) is 5.82 Å². The van der Waals surface area contributed by atoms with Crippen molar-refractivity contribution >= 4 is 51.0 Å². The second kappa shape index (κ2) is 2.81. The van der Waals surface area contributed by atoms with E-state index in [1.54, 1.807) is 0 Å². The Hall–Kier alpha value is 0.420. The minimum absolute atomic E-state index is 0.0365. The Morgan fingerprint density at radius 1 is 1.40 bits per heavy atom. The van der Waals surface area contributed by atoms with Crippen molar-refractivity contribution in [1.82, 2.24) is 19.2 Å². The van der Waals surface area contributed by atoms with Gasteiger partial charge in [-0.2, -0.15) is 0 Å². The van der Waals surface area contributed by atoms with E-state index in [9.17, 15) is 0 Å². The van der Waals surface area contributed by atoms with E-state index >= 15 is 0 Å². The minimum Gasteiger partial charge on any atom is -0.120 e. The van der Waals surface area contributed by atoms with E-state index in [0.29, 0.717) is 0 Å². The van der Waals surface area contributed by atoms with Gasteiger partial charge in [0.05, 0.1) is 0 Å². The molecule has 0 N–H and O–H groups in total. The number of aromatic nitrogens is 4. The highest BCUT2D eigenvalue weighted by molar-refractivity contribution is 9.08. The molecule has 1 aromatic heterocycles. The molecule has 0 aliphatic rings. The number of hydrogen-bond donors (Lipinski definition) is 0. The molecule has 0 bridgehead atoms. The third-order valence-corrected chi connectivity index (χ3v) is 1.45. The van der Waals surface area contributed by atoms with Gasteiger partial charge in [0, 0.05) is 0 Å². The van der Waals surface area contributed by atoms with E-state index in [1.807, 2.05) is 0 Å². The van der Waals surface area contributed by atoms with E-state index in [4.69, 9.17) is 34.8 Å². The molecule has 0 aliphatic carbocycles. The van der Waals surface area contributed by atoms with Crippen molar-refractivity contribution in [2.75, 3.05) is 0 Å².